The second-order valence-electron chi connectivity index (χ2n) is 1.73. The highest BCUT2D eigenvalue weighted by atomic mass is 79.9. The lowest BCUT2D eigenvalue weighted by Gasteiger charge is -1.87. The molecule has 10 heavy (non-hydrogen) atoms. The summed E-state index contributed by atoms with van der Waals surface area (Å²) < 4.78 is 12.4. The molecule has 50 valence electrons. The van der Waals surface area contributed by atoms with Crippen molar-refractivity contribution < 1.29 is 4.39 Å². The zero-order chi connectivity index (χ0) is 7.40. The Bertz CT molecular complexity index is 283. The van der Waals surface area contributed by atoms with Crippen molar-refractivity contribution in [2.45, 2.75) is 0 Å². The average Bonchev–Trinajstić information content (AvgIpc) is 1.88. The second kappa shape index (κ2) is 3.38. The number of benzene rings is 1. The van der Waals surface area contributed by atoms with Gasteiger partial charge in [0.05, 0.1) is 0 Å². The topological polar surface area (TPSA) is 0 Å². The Labute approximate surface area is 67.2 Å². The zero-order valence-corrected chi connectivity index (χ0v) is 6.65. The van der Waals surface area contributed by atoms with Gasteiger partial charge in [0.15, 0.2) is 0 Å². The summed E-state index contributed by atoms with van der Waals surface area (Å²) in [6.45, 7) is 0. The van der Waals surface area contributed by atoms with Crippen LogP contribution in [0.15, 0.2) is 24.3 Å². The van der Waals surface area contributed by atoms with E-state index in [0.29, 0.717) is 5.56 Å². The fourth-order valence-electron chi connectivity index (χ4n) is 0.621. The van der Waals surface area contributed by atoms with Crippen LogP contribution in [0.5, 0.6) is 0 Å². The van der Waals surface area contributed by atoms with Crippen LogP contribution in [0, 0.1) is 16.6 Å². The molecule has 0 unspecified atom stereocenters. The molecule has 0 saturated heterocycles. The lowest BCUT2D eigenvalue weighted by molar-refractivity contribution is 0.627. The molecule has 0 aliphatic carbocycles. The van der Waals surface area contributed by atoms with E-state index in [-0.39, 0.29) is 5.82 Å². The maximum absolute atomic E-state index is 12.4. The van der Waals surface area contributed by atoms with E-state index in [2.05, 4.69) is 26.7 Å². The van der Waals surface area contributed by atoms with Crippen molar-refractivity contribution in [1.82, 2.24) is 0 Å². The van der Waals surface area contributed by atoms with E-state index < -0.39 is 0 Å². The standard InChI is InChI=1S/C8H4BrF/c9-5-4-7-2-1-3-8(10)6-7/h1-3,6H. The highest BCUT2D eigenvalue weighted by Crippen LogP contribution is 2.01. The predicted molar refractivity (Wildman–Crippen MR) is 42.2 cm³/mol. The molecule has 2 heteroatoms. The maximum atomic E-state index is 12.4. The molecule has 0 atom stereocenters. The molecule has 0 aliphatic rings. The molecule has 0 heterocycles. The van der Waals surface area contributed by atoms with Gasteiger partial charge in [-0.2, -0.15) is 0 Å². The lowest BCUT2D eigenvalue weighted by Crippen LogP contribution is -1.75. The first-order chi connectivity index (χ1) is 4.83. The Morgan fingerprint density at radius 2 is 2.20 bits per heavy atom. The van der Waals surface area contributed by atoms with Gasteiger partial charge in [0.2, 0.25) is 0 Å². The molecule has 1 aromatic rings. The van der Waals surface area contributed by atoms with Crippen LogP contribution in [0.1, 0.15) is 5.56 Å². The largest absolute Gasteiger partial charge is 0.207 e. The number of halogens is 2. The van der Waals surface area contributed by atoms with Crippen molar-refractivity contribution in [1.29, 1.82) is 0 Å². The molecule has 1 aromatic carbocycles. The molecule has 0 saturated carbocycles. The third kappa shape index (κ3) is 1.85. The molecule has 0 spiro atoms. The molecule has 0 radical (unpaired) electrons. The van der Waals surface area contributed by atoms with Crippen LogP contribution in [-0.2, 0) is 0 Å². The monoisotopic (exact) mass is 198 g/mol. The van der Waals surface area contributed by atoms with Crippen molar-refractivity contribution >= 4 is 15.9 Å². The van der Waals surface area contributed by atoms with Gasteiger partial charge in [0.1, 0.15) is 5.82 Å². The van der Waals surface area contributed by atoms with Crippen LogP contribution in [-0.4, -0.2) is 0 Å². The zero-order valence-electron chi connectivity index (χ0n) is 5.07. The molecule has 0 nitrogen and oxygen atoms in total. The summed E-state index contributed by atoms with van der Waals surface area (Å²) in [5, 5.41) is 0. The fourth-order valence-corrected chi connectivity index (χ4v) is 0.850. The summed E-state index contributed by atoms with van der Waals surface area (Å²) in [5.74, 6) is 2.42. The minimum atomic E-state index is -0.257. The minimum absolute atomic E-state index is 0.257. The SMILES string of the molecule is Fc1cccc(C#CBr)c1. The van der Waals surface area contributed by atoms with E-state index in [9.17, 15) is 4.39 Å². The van der Waals surface area contributed by atoms with Crippen LogP contribution in [0.3, 0.4) is 0 Å². The highest BCUT2D eigenvalue weighted by molar-refractivity contribution is 9.12. The van der Waals surface area contributed by atoms with Gasteiger partial charge in [-0.25, -0.2) is 4.39 Å². The van der Waals surface area contributed by atoms with Crippen LogP contribution in [0.25, 0.3) is 0 Å². The molecule has 1 rings (SSSR count). The van der Waals surface area contributed by atoms with Crippen molar-refractivity contribution in [2.24, 2.45) is 0 Å². The summed E-state index contributed by atoms with van der Waals surface area (Å²) >= 11 is 2.93. The Morgan fingerprint density at radius 1 is 1.40 bits per heavy atom. The van der Waals surface area contributed by atoms with Crippen LogP contribution < -0.4 is 0 Å². The molecule has 0 bridgehead atoms. The van der Waals surface area contributed by atoms with Gasteiger partial charge >= 0.3 is 0 Å². The van der Waals surface area contributed by atoms with E-state index >= 15 is 0 Å². The third-order valence-corrected chi connectivity index (χ3v) is 1.21. The van der Waals surface area contributed by atoms with Crippen LogP contribution in [0.4, 0.5) is 4.39 Å². The summed E-state index contributed by atoms with van der Waals surface area (Å²) in [5.41, 5.74) is 0.678. The summed E-state index contributed by atoms with van der Waals surface area (Å²) in [7, 11) is 0. The van der Waals surface area contributed by atoms with Crippen molar-refractivity contribution in [3.63, 3.8) is 0 Å². The van der Waals surface area contributed by atoms with E-state index in [4.69, 9.17) is 0 Å². The molecule has 0 aromatic heterocycles. The van der Waals surface area contributed by atoms with Gasteiger partial charge in [-0.3, -0.25) is 0 Å². The van der Waals surface area contributed by atoms with E-state index in [1.807, 2.05) is 0 Å². The Morgan fingerprint density at radius 3 is 2.80 bits per heavy atom. The van der Waals surface area contributed by atoms with Gasteiger partial charge in [-0.05, 0) is 23.0 Å². The first kappa shape index (κ1) is 7.30. The number of rotatable bonds is 0. The Kier molecular flexibility index (Phi) is 2.47. The highest BCUT2D eigenvalue weighted by Gasteiger charge is 1.88. The Balaban J connectivity index is 3.03. The second-order valence-corrected chi connectivity index (χ2v) is 2.13. The van der Waals surface area contributed by atoms with Gasteiger partial charge in [-0.15, -0.1) is 0 Å². The van der Waals surface area contributed by atoms with Gasteiger partial charge in [0, 0.05) is 21.5 Å². The van der Waals surface area contributed by atoms with Gasteiger partial charge < -0.3 is 0 Å². The van der Waals surface area contributed by atoms with Crippen LogP contribution >= 0.6 is 15.9 Å². The number of hydrogen-bond acceptors (Lipinski definition) is 0. The minimum Gasteiger partial charge on any atom is -0.207 e. The van der Waals surface area contributed by atoms with E-state index in [1.165, 1.54) is 12.1 Å². The van der Waals surface area contributed by atoms with Crippen LogP contribution in [0.2, 0.25) is 0 Å². The average molecular weight is 199 g/mol. The molecule has 0 fully saturated rings. The first-order valence-corrected chi connectivity index (χ1v) is 3.49. The fraction of sp³-hybridized carbons (Fsp3) is 0. The predicted octanol–water partition coefficient (Wildman–Crippen LogP) is 2.53. The molecule has 0 N–H and O–H groups in total. The number of hydrogen-bond donors (Lipinski definition) is 0. The normalized spacial score (nSPS) is 8.20. The van der Waals surface area contributed by atoms with Crippen molar-refractivity contribution in [2.75, 3.05) is 0 Å². The molecular formula is C8H4BrF. The van der Waals surface area contributed by atoms with E-state index in [1.54, 1.807) is 12.1 Å². The molecular weight excluding hydrogens is 195 g/mol. The smallest absolute Gasteiger partial charge is 0.124 e. The lowest BCUT2D eigenvalue weighted by atomic mass is 10.2. The van der Waals surface area contributed by atoms with E-state index in [0.717, 1.165) is 0 Å². The summed E-state index contributed by atoms with van der Waals surface area (Å²) in [6, 6.07) is 6.15. The third-order valence-electron chi connectivity index (χ3n) is 1.02. The van der Waals surface area contributed by atoms with Crippen molar-refractivity contribution in [3.8, 4) is 10.8 Å². The summed E-state index contributed by atoms with van der Waals surface area (Å²) in [4.78, 5) is 2.51. The molecule has 0 amide bonds. The van der Waals surface area contributed by atoms with Gasteiger partial charge in [-0.1, -0.05) is 12.0 Å². The first-order valence-electron chi connectivity index (χ1n) is 2.70. The quantitative estimate of drug-likeness (QED) is 0.563. The summed E-state index contributed by atoms with van der Waals surface area (Å²) in [6.07, 6.45) is 0. The van der Waals surface area contributed by atoms with Crippen molar-refractivity contribution in [3.05, 3.63) is 35.6 Å². The molecule has 0 aliphatic heterocycles. The maximum Gasteiger partial charge on any atom is 0.124 e. The Hall–Kier alpha value is -0.810. The van der Waals surface area contributed by atoms with Gasteiger partial charge in [0.25, 0.3) is 0 Å².